The highest BCUT2D eigenvalue weighted by atomic mass is 16.2. The van der Waals surface area contributed by atoms with Crippen LogP contribution >= 0.6 is 0 Å². The lowest BCUT2D eigenvalue weighted by atomic mass is 9.86. The Morgan fingerprint density at radius 1 is 0.778 bits per heavy atom. The number of rotatable bonds is 11. The SMILES string of the molecule is CCCCCCCCCC(=O)Nc1ccc(N2CCN(C(=O)c3ccc(C(C)(C)C)cc3)CC2)cc1. The molecule has 1 aliphatic rings. The van der Waals surface area contributed by atoms with E-state index in [1.54, 1.807) is 0 Å². The Morgan fingerprint density at radius 2 is 1.36 bits per heavy atom. The molecule has 0 atom stereocenters. The van der Waals surface area contributed by atoms with Gasteiger partial charge in [-0.2, -0.15) is 0 Å². The predicted octanol–water partition coefficient (Wildman–Crippen LogP) is 7.03. The predicted molar refractivity (Wildman–Crippen MR) is 151 cm³/mol. The Balaban J connectivity index is 1.40. The number of carbonyl (C=O) groups excluding carboxylic acids is 2. The fourth-order valence-corrected chi connectivity index (χ4v) is 4.68. The van der Waals surface area contributed by atoms with Crippen molar-refractivity contribution < 1.29 is 9.59 Å². The van der Waals surface area contributed by atoms with Crippen LogP contribution in [0.25, 0.3) is 0 Å². The standard InChI is InChI=1S/C31H45N3O2/c1-5-6-7-8-9-10-11-12-29(35)32-27-17-19-28(20-18-27)33-21-23-34(24-22-33)30(36)25-13-15-26(16-14-25)31(2,3)4/h13-20H,5-12,21-24H2,1-4H3,(H,32,35). The molecule has 0 aliphatic carbocycles. The number of unbranched alkanes of at least 4 members (excludes halogenated alkanes) is 6. The van der Waals surface area contributed by atoms with E-state index in [2.05, 4.69) is 62.2 Å². The van der Waals surface area contributed by atoms with E-state index in [1.807, 2.05) is 29.2 Å². The highest BCUT2D eigenvalue weighted by Crippen LogP contribution is 2.24. The van der Waals surface area contributed by atoms with Crippen LogP contribution in [-0.2, 0) is 10.2 Å². The van der Waals surface area contributed by atoms with E-state index in [0.29, 0.717) is 19.5 Å². The topological polar surface area (TPSA) is 52.7 Å². The number of carbonyl (C=O) groups is 2. The molecule has 1 heterocycles. The minimum atomic E-state index is 0.0825. The molecule has 1 fully saturated rings. The van der Waals surface area contributed by atoms with Crippen LogP contribution in [0.1, 0.15) is 95.0 Å². The Hall–Kier alpha value is -2.82. The minimum absolute atomic E-state index is 0.0825. The molecule has 1 aliphatic heterocycles. The molecule has 0 unspecified atom stereocenters. The summed E-state index contributed by atoms with van der Waals surface area (Å²) >= 11 is 0. The minimum Gasteiger partial charge on any atom is -0.368 e. The molecule has 2 amide bonds. The first-order valence-electron chi connectivity index (χ1n) is 13.8. The van der Waals surface area contributed by atoms with Crippen LogP contribution in [0, 0.1) is 0 Å². The molecule has 2 aromatic rings. The summed E-state index contributed by atoms with van der Waals surface area (Å²) in [6, 6.07) is 16.1. The van der Waals surface area contributed by atoms with Crippen LogP contribution in [0.5, 0.6) is 0 Å². The Bertz CT molecular complexity index is 953. The van der Waals surface area contributed by atoms with Gasteiger partial charge in [0.05, 0.1) is 0 Å². The maximum absolute atomic E-state index is 13.0. The molecule has 0 aromatic heterocycles. The van der Waals surface area contributed by atoms with Crippen molar-refractivity contribution in [2.45, 2.75) is 84.5 Å². The van der Waals surface area contributed by atoms with Crippen LogP contribution in [0.15, 0.2) is 48.5 Å². The number of nitrogens with one attached hydrogen (secondary N) is 1. The second-order valence-corrected chi connectivity index (χ2v) is 11.1. The molecule has 5 heteroatoms. The van der Waals surface area contributed by atoms with E-state index >= 15 is 0 Å². The number of benzene rings is 2. The third kappa shape index (κ3) is 8.39. The zero-order chi connectivity index (χ0) is 26.0. The van der Waals surface area contributed by atoms with Gasteiger partial charge in [0.2, 0.25) is 5.91 Å². The van der Waals surface area contributed by atoms with Gasteiger partial charge < -0.3 is 15.1 Å². The third-order valence-corrected chi connectivity index (χ3v) is 7.09. The molecular formula is C31H45N3O2. The lowest BCUT2D eigenvalue weighted by Gasteiger charge is -2.36. The van der Waals surface area contributed by atoms with Crippen molar-refractivity contribution in [3.63, 3.8) is 0 Å². The zero-order valence-corrected chi connectivity index (χ0v) is 22.8. The lowest BCUT2D eigenvalue weighted by molar-refractivity contribution is -0.116. The van der Waals surface area contributed by atoms with Crippen LogP contribution in [0.4, 0.5) is 11.4 Å². The van der Waals surface area contributed by atoms with Gasteiger partial charge in [-0.3, -0.25) is 9.59 Å². The van der Waals surface area contributed by atoms with Crippen molar-refractivity contribution in [3.05, 3.63) is 59.7 Å². The van der Waals surface area contributed by atoms with Gasteiger partial charge in [0, 0.05) is 49.5 Å². The van der Waals surface area contributed by atoms with Crippen molar-refractivity contribution in [3.8, 4) is 0 Å². The average Bonchev–Trinajstić information content (AvgIpc) is 2.88. The summed E-state index contributed by atoms with van der Waals surface area (Å²) in [6.45, 7) is 11.8. The van der Waals surface area contributed by atoms with Crippen molar-refractivity contribution in [2.75, 3.05) is 36.4 Å². The van der Waals surface area contributed by atoms with E-state index in [4.69, 9.17) is 0 Å². The molecule has 2 aromatic carbocycles. The fraction of sp³-hybridized carbons (Fsp3) is 0.548. The van der Waals surface area contributed by atoms with Gasteiger partial charge in [-0.05, 0) is 53.8 Å². The molecule has 1 saturated heterocycles. The average molecular weight is 492 g/mol. The first-order chi connectivity index (χ1) is 17.3. The summed E-state index contributed by atoms with van der Waals surface area (Å²) < 4.78 is 0. The largest absolute Gasteiger partial charge is 0.368 e. The highest BCUT2D eigenvalue weighted by molar-refractivity contribution is 5.94. The van der Waals surface area contributed by atoms with Gasteiger partial charge >= 0.3 is 0 Å². The smallest absolute Gasteiger partial charge is 0.253 e. The normalized spacial score (nSPS) is 14.1. The van der Waals surface area contributed by atoms with E-state index < -0.39 is 0 Å². The monoisotopic (exact) mass is 491 g/mol. The van der Waals surface area contributed by atoms with Gasteiger partial charge in [0.1, 0.15) is 0 Å². The summed E-state index contributed by atoms with van der Waals surface area (Å²) in [5.74, 6) is 0.202. The Labute approximate surface area is 218 Å². The summed E-state index contributed by atoms with van der Waals surface area (Å²) in [6.07, 6.45) is 9.08. The Morgan fingerprint density at radius 3 is 1.94 bits per heavy atom. The van der Waals surface area contributed by atoms with Crippen LogP contribution in [0.2, 0.25) is 0 Å². The molecule has 0 bridgehead atoms. The third-order valence-electron chi connectivity index (χ3n) is 7.09. The van der Waals surface area contributed by atoms with Gasteiger partial charge in [-0.25, -0.2) is 0 Å². The first-order valence-corrected chi connectivity index (χ1v) is 13.8. The van der Waals surface area contributed by atoms with E-state index in [1.165, 1.54) is 37.7 Å². The first kappa shape index (κ1) is 27.8. The molecule has 1 N–H and O–H groups in total. The maximum Gasteiger partial charge on any atom is 0.253 e. The number of nitrogens with zero attached hydrogens (tertiary/aromatic N) is 2. The summed E-state index contributed by atoms with van der Waals surface area (Å²) in [7, 11) is 0. The van der Waals surface area contributed by atoms with Crippen molar-refractivity contribution >= 4 is 23.2 Å². The highest BCUT2D eigenvalue weighted by Gasteiger charge is 2.23. The molecule has 0 radical (unpaired) electrons. The van der Waals surface area contributed by atoms with Gasteiger partial charge in [0.15, 0.2) is 0 Å². The zero-order valence-electron chi connectivity index (χ0n) is 22.8. The summed E-state index contributed by atoms with van der Waals surface area (Å²) in [5.41, 5.74) is 4.05. The number of hydrogen-bond acceptors (Lipinski definition) is 3. The molecule has 0 spiro atoms. The molecule has 196 valence electrons. The van der Waals surface area contributed by atoms with Gasteiger partial charge in [-0.15, -0.1) is 0 Å². The number of anilines is 2. The molecule has 3 rings (SSSR count). The molecule has 0 saturated carbocycles. The van der Waals surface area contributed by atoms with Gasteiger partial charge in [-0.1, -0.05) is 78.4 Å². The van der Waals surface area contributed by atoms with Crippen LogP contribution in [0.3, 0.4) is 0 Å². The number of piperazine rings is 1. The van der Waals surface area contributed by atoms with Gasteiger partial charge in [0.25, 0.3) is 5.91 Å². The summed E-state index contributed by atoms with van der Waals surface area (Å²) in [4.78, 5) is 29.5. The van der Waals surface area contributed by atoms with Crippen molar-refractivity contribution in [2.24, 2.45) is 0 Å². The van der Waals surface area contributed by atoms with Crippen molar-refractivity contribution in [1.82, 2.24) is 4.90 Å². The molecular weight excluding hydrogens is 446 g/mol. The lowest BCUT2D eigenvalue weighted by Crippen LogP contribution is -2.48. The Kier molecular flexibility index (Phi) is 10.4. The fourth-order valence-electron chi connectivity index (χ4n) is 4.68. The van der Waals surface area contributed by atoms with E-state index in [-0.39, 0.29) is 17.2 Å². The van der Waals surface area contributed by atoms with E-state index in [0.717, 1.165) is 42.9 Å². The number of hydrogen-bond donors (Lipinski definition) is 1. The second kappa shape index (κ2) is 13.5. The van der Waals surface area contributed by atoms with Crippen LogP contribution < -0.4 is 10.2 Å². The number of amides is 2. The van der Waals surface area contributed by atoms with Crippen molar-refractivity contribution in [1.29, 1.82) is 0 Å². The van der Waals surface area contributed by atoms with Crippen LogP contribution in [-0.4, -0.2) is 42.9 Å². The molecule has 5 nitrogen and oxygen atoms in total. The maximum atomic E-state index is 13.0. The van der Waals surface area contributed by atoms with E-state index in [9.17, 15) is 9.59 Å². The summed E-state index contributed by atoms with van der Waals surface area (Å²) in [5, 5.41) is 3.03. The molecule has 36 heavy (non-hydrogen) atoms. The second-order valence-electron chi connectivity index (χ2n) is 11.1. The quantitative estimate of drug-likeness (QED) is 0.343.